The molecule has 0 spiro atoms. The lowest BCUT2D eigenvalue weighted by Crippen LogP contribution is -2.30. The highest BCUT2D eigenvalue weighted by molar-refractivity contribution is 5.87. The maximum atomic E-state index is 12.8. The number of nitrogens with zero attached hydrogens (tertiary/aromatic N) is 1. The van der Waals surface area contributed by atoms with E-state index in [1.165, 1.54) is 6.20 Å². The van der Waals surface area contributed by atoms with E-state index in [0.29, 0.717) is 12.1 Å². The van der Waals surface area contributed by atoms with Crippen molar-refractivity contribution in [2.75, 3.05) is 7.11 Å². The molecule has 0 fully saturated rings. The molecule has 1 aliphatic carbocycles. The minimum atomic E-state index is -1.20. The van der Waals surface area contributed by atoms with Gasteiger partial charge in [-0.2, -0.15) is 0 Å². The highest BCUT2D eigenvalue weighted by atomic mass is 16.5. The highest BCUT2D eigenvalue weighted by Crippen LogP contribution is 2.30. The number of carboxylic acid groups (broad SMARTS) is 1. The van der Waals surface area contributed by atoms with Crippen LogP contribution in [0, 0.1) is 0 Å². The van der Waals surface area contributed by atoms with Crippen LogP contribution in [0.25, 0.3) is 11.1 Å². The summed E-state index contributed by atoms with van der Waals surface area (Å²) in [6.45, 7) is 0.508. The van der Waals surface area contributed by atoms with Crippen molar-refractivity contribution in [2.45, 2.75) is 31.9 Å². The van der Waals surface area contributed by atoms with Gasteiger partial charge in [0.1, 0.15) is 5.56 Å². The van der Waals surface area contributed by atoms with Crippen LogP contribution in [0.3, 0.4) is 0 Å². The molecule has 5 nitrogen and oxygen atoms in total. The summed E-state index contributed by atoms with van der Waals surface area (Å²) in [4.78, 5) is 24.4. The van der Waals surface area contributed by atoms with Gasteiger partial charge in [0, 0.05) is 31.1 Å². The molecular weight excluding hydrogens is 366 g/mol. The molecule has 3 aromatic rings. The number of carbonyl (C=O) groups is 1. The van der Waals surface area contributed by atoms with Crippen LogP contribution in [0.15, 0.2) is 65.6 Å². The SMILES string of the molecule is COC1CCCc2c1c(=O)c(C(=O)O)cn2Cc1ccc(-c2ccccc2)cc1. The first-order chi connectivity index (χ1) is 14.1. The summed E-state index contributed by atoms with van der Waals surface area (Å²) in [7, 11) is 1.57. The Labute approximate surface area is 169 Å². The number of aromatic carboxylic acids is 1. The third kappa shape index (κ3) is 3.74. The van der Waals surface area contributed by atoms with Crippen molar-refractivity contribution in [1.82, 2.24) is 4.57 Å². The van der Waals surface area contributed by atoms with E-state index >= 15 is 0 Å². The van der Waals surface area contributed by atoms with E-state index in [2.05, 4.69) is 24.3 Å². The second-order valence-corrected chi connectivity index (χ2v) is 7.34. The van der Waals surface area contributed by atoms with Crippen LogP contribution >= 0.6 is 0 Å². The molecule has 5 heteroatoms. The summed E-state index contributed by atoms with van der Waals surface area (Å²) in [5.41, 5.74) is 4.08. The molecule has 1 unspecified atom stereocenters. The Balaban J connectivity index is 1.73. The van der Waals surface area contributed by atoms with Gasteiger partial charge in [0.25, 0.3) is 0 Å². The first-order valence-electron chi connectivity index (χ1n) is 9.75. The van der Waals surface area contributed by atoms with E-state index in [0.717, 1.165) is 41.6 Å². The van der Waals surface area contributed by atoms with Crippen molar-refractivity contribution in [3.63, 3.8) is 0 Å². The van der Waals surface area contributed by atoms with E-state index in [1.807, 2.05) is 34.9 Å². The number of hydrogen-bond acceptors (Lipinski definition) is 3. The van der Waals surface area contributed by atoms with Crippen LogP contribution in [0.5, 0.6) is 0 Å². The molecular formula is C24H23NO4. The minimum absolute atomic E-state index is 0.200. The van der Waals surface area contributed by atoms with Gasteiger partial charge in [-0.25, -0.2) is 4.79 Å². The number of methoxy groups -OCH3 is 1. The highest BCUT2D eigenvalue weighted by Gasteiger charge is 2.28. The Morgan fingerprint density at radius 3 is 2.45 bits per heavy atom. The fraction of sp³-hybridized carbons (Fsp3) is 0.250. The monoisotopic (exact) mass is 389 g/mol. The quantitative estimate of drug-likeness (QED) is 0.707. The Hall–Kier alpha value is -3.18. The first-order valence-corrected chi connectivity index (χ1v) is 9.75. The number of aromatic nitrogens is 1. The predicted molar refractivity (Wildman–Crippen MR) is 111 cm³/mol. The summed E-state index contributed by atoms with van der Waals surface area (Å²) in [5.74, 6) is -1.20. The van der Waals surface area contributed by atoms with Crippen molar-refractivity contribution in [3.8, 4) is 11.1 Å². The van der Waals surface area contributed by atoms with Crippen molar-refractivity contribution in [1.29, 1.82) is 0 Å². The van der Waals surface area contributed by atoms with E-state index in [9.17, 15) is 14.7 Å². The molecule has 0 amide bonds. The predicted octanol–water partition coefficient (Wildman–Crippen LogP) is 4.29. The van der Waals surface area contributed by atoms with Crippen LogP contribution in [0.2, 0.25) is 0 Å². The summed E-state index contributed by atoms with van der Waals surface area (Å²) in [6.07, 6.45) is 3.51. The Morgan fingerprint density at radius 1 is 1.10 bits per heavy atom. The van der Waals surface area contributed by atoms with Crippen LogP contribution in [0.1, 0.15) is 46.1 Å². The topological polar surface area (TPSA) is 68.5 Å². The normalized spacial score (nSPS) is 15.7. The minimum Gasteiger partial charge on any atom is -0.477 e. The maximum absolute atomic E-state index is 12.8. The van der Waals surface area contributed by atoms with Crippen molar-refractivity contribution in [2.24, 2.45) is 0 Å². The number of benzene rings is 2. The molecule has 1 heterocycles. The van der Waals surface area contributed by atoms with E-state index in [-0.39, 0.29) is 11.7 Å². The molecule has 148 valence electrons. The second-order valence-electron chi connectivity index (χ2n) is 7.34. The van der Waals surface area contributed by atoms with Crippen LogP contribution in [-0.2, 0) is 17.7 Å². The van der Waals surface area contributed by atoms with Crippen molar-refractivity contribution < 1.29 is 14.6 Å². The molecule has 1 atom stereocenters. The molecule has 1 aliphatic rings. The van der Waals surface area contributed by atoms with Gasteiger partial charge in [0.15, 0.2) is 0 Å². The summed E-state index contributed by atoms with van der Waals surface area (Å²) in [5, 5.41) is 9.53. The molecule has 1 N–H and O–H groups in total. The maximum Gasteiger partial charge on any atom is 0.341 e. The number of rotatable bonds is 5. The molecule has 0 radical (unpaired) electrons. The van der Waals surface area contributed by atoms with Gasteiger partial charge in [-0.05, 0) is 36.0 Å². The van der Waals surface area contributed by atoms with Gasteiger partial charge in [0.05, 0.1) is 6.10 Å². The average molecular weight is 389 g/mol. The molecule has 0 saturated heterocycles. The fourth-order valence-electron chi connectivity index (χ4n) is 4.09. The van der Waals surface area contributed by atoms with Gasteiger partial charge in [-0.3, -0.25) is 4.79 Å². The van der Waals surface area contributed by atoms with Crippen LogP contribution in [-0.4, -0.2) is 22.8 Å². The van der Waals surface area contributed by atoms with Crippen LogP contribution in [0.4, 0.5) is 0 Å². The third-order valence-electron chi connectivity index (χ3n) is 5.56. The van der Waals surface area contributed by atoms with Gasteiger partial charge in [-0.15, -0.1) is 0 Å². The average Bonchev–Trinajstić information content (AvgIpc) is 2.76. The van der Waals surface area contributed by atoms with Crippen molar-refractivity contribution in [3.05, 3.63) is 93.4 Å². The molecule has 2 aromatic carbocycles. The number of fused-ring (bicyclic) bond motifs is 1. The Bertz CT molecular complexity index is 1080. The summed E-state index contributed by atoms with van der Waals surface area (Å²) in [6, 6.07) is 18.4. The van der Waals surface area contributed by atoms with E-state index < -0.39 is 11.4 Å². The van der Waals surface area contributed by atoms with Gasteiger partial charge < -0.3 is 14.4 Å². The zero-order valence-corrected chi connectivity index (χ0v) is 16.3. The van der Waals surface area contributed by atoms with E-state index in [1.54, 1.807) is 7.11 Å². The Morgan fingerprint density at radius 2 is 1.79 bits per heavy atom. The third-order valence-corrected chi connectivity index (χ3v) is 5.56. The standard InChI is InChI=1S/C24H23NO4/c1-29-21-9-5-8-20-22(21)23(26)19(24(27)28)15-25(20)14-16-10-12-18(13-11-16)17-6-3-2-4-7-17/h2-4,6-7,10-13,15,21H,5,8-9,14H2,1H3,(H,27,28). The van der Waals surface area contributed by atoms with Crippen molar-refractivity contribution >= 4 is 5.97 Å². The molecule has 1 aromatic heterocycles. The summed E-state index contributed by atoms with van der Waals surface area (Å²) >= 11 is 0. The fourth-order valence-corrected chi connectivity index (χ4v) is 4.09. The number of pyridine rings is 1. The lowest BCUT2D eigenvalue weighted by Gasteiger charge is -2.27. The molecule has 29 heavy (non-hydrogen) atoms. The van der Waals surface area contributed by atoms with Gasteiger partial charge >= 0.3 is 5.97 Å². The first kappa shape index (κ1) is 19.2. The number of carboxylic acids is 1. The lowest BCUT2D eigenvalue weighted by atomic mass is 9.91. The van der Waals surface area contributed by atoms with Crippen LogP contribution < -0.4 is 5.43 Å². The largest absolute Gasteiger partial charge is 0.477 e. The van der Waals surface area contributed by atoms with E-state index in [4.69, 9.17) is 4.74 Å². The van der Waals surface area contributed by atoms with Gasteiger partial charge in [-0.1, -0.05) is 54.6 Å². The molecule has 4 rings (SSSR count). The summed E-state index contributed by atoms with van der Waals surface area (Å²) < 4.78 is 7.40. The molecule has 0 saturated carbocycles. The lowest BCUT2D eigenvalue weighted by molar-refractivity contribution is 0.0689. The molecule has 0 aliphatic heterocycles. The zero-order valence-electron chi connectivity index (χ0n) is 16.3. The Kier molecular flexibility index (Phi) is 5.32. The number of ether oxygens (including phenoxy) is 1. The smallest absolute Gasteiger partial charge is 0.341 e. The molecule has 0 bridgehead atoms. The zero-order chi connectivity index (χ0) is 20.4. The second kappa shape index (κ2) is 8.05. The van der Waals surface area contributed by atoms with Gasteiger partial charge in [0.2, 0.25) is 5.43 Å². The number of hydrogen-bond donors (Lipinski definition) is 1.